The lowest BCUT2D eigenvalue weighted by atomic mass is 10.1. The van der Waals surface area contributed by atoms with Gasteiger partial charge in [-0.2, -0.15) is 0 Å². The number of nitrogens with two attached hydrogens (primary N) is 1. The maximum Gasteiger partial charge on any atom is 0.145 e. The highest BCUT2D eigenvalue weighted by atomic mass is 16.5. The Bertz CT molecular complexity index is 609. The van der Waals surface area contributed by atoms with Crippen molar-refractivity contribution in [3.05, 3.63) is 23.9 Å². The van der Waals surface area contributed by atoms with Crippen LogP contribution in [0.2, 0.25) is 0 Å². The summed E-state index contributed by atoms with van der Waals surface area (Å²) in [5, 5.41) is 0.835. The average molecular weight is 274 g/mol. The quantitative estimate of drug-likeness (QED) is 0.902. The molecule has 0 aliphatic heterocycles. The van der Waals surface area contributed by atoms with Gasteiger partial charge in [0.1, 0.15) is 17.0 Å². The van der Waals surface area contributed by atoms with Crippen LogP contribution in [-0.4, -0.2) is 18.2 Å². The Morgan fingerprint density at radius 1 is 1.10 bits per heavy atom. The highest BCUT2D eigenvalue weighted by Gasteiger charge is 2.15. The van der Waals surface area contributed by atoms with E-state index in [4.69, 9.17) is 20.2 Å². The molecule has 0 fully saturated rings. The molecule has 4 heteroatoms. The molecule has 0 bridgehead atoms. The SMILES string of the molecule is CCOc1ccc(OCC)c2c(N)cc(C(C)C)nc12. The number of fused-ring (bicyclic) bond motifs is 1. The third-order valence-corrected chi connectivity index (χ3v) is 3.13. The second-order valence-corrected chi connectivity index (χ2v) is 4.94. The largest absolute Gasteiger partial charge is 0.493 e. The minimum Gasteiger partial charge on any atom is -0.493 e. The van der Waals surface area contributed by atoms with Gasteiger partial charge in [-0.1, -0.05) is 13.8 Å². The molecular formula is C16H22N2O2. The second kappa shape index (κ2) is 5.99. The Balaban J connectivity index is 2.74. The minimum absolute atomic E-state index is 0.312. The van der Waals surface area contributed by atoms with Crippen LogP contribution in [0.3, 0.4) is 0 Å². The molecule has 4 nitrogen and oxygen atoms in total. The van der Waals surface area contributed by atoms with E-state index in [1.54, 1.807) is 0 Å². The van der Waals surface area contributed by atoms with Gasteiger partial charge in [0.15, 0.2) is 0 Å². The molecule has 2 N–H and O–H groups in total. The molecule has 2 aromatic rings. The van der Waals surface area contributed by atoms with Crippen molar-refractivity contribution in [3.63, 3.8) is 0 Å². The molecule has 1 aromatic carbocycles. The van der Waals surface area contributed by atoms with E-state index >= 15 is 0 Å². The molecule has 20 heavy (non-hydrogen) atoms. The van der Waals surface area contributed by atoms with Crippen LogP contribution >= 0.6 is 0 Å². The molecule has 0 radical (unpaired) electrons. The molecule has 1 aromatic heterocycles. The van der Waals surface area contributed by atoms with Crippen molar-refractivity contribution in [2.45, 2.75) is 33.6 Å². The summed E-state index contributed by atoms with van der Waals surface area (Å²) < 4.78 is 11.3. The van der Waals surface area contributed by atoms with E-state index in [2.05, 4.69) is 13.8 Å². The maximum atomic E-state index is 6.22. The first kappa shape index (κ1) is 14.4. The first-order chi connectivity index (χ1) is 9.58. The van der Waals surface area contributed by atoms with Crippen LogP contribution in [0, 0.1) is 0 Å². The van der Waals surface area contributed by atoms with Crippen LogP contribution in [0.1, 0.15) is 39.3 Å². The Kier molecular flexibility index (Phi) is 4.32. The number of hydrogen-bond donors (Lipinski definition) is 1. The molecule has 0 amide bonds. The Morgan fingerprint density at radius 3 is 2.30 bits per heavy atom. The smallest absolute Gasteiger partial charge is 0.145 e. The molecular weight excluding hydrogens is 252 g/mol. The van der Waals surface area contributed by atoms with Crippen LogP contribution in [-0.2, 0) is 0 Å². The van der Waals surface area contributed by atoms with E-state index in [-0.39, 0.29) is 0 Å². The van der Waals surface area contributed by atoms with Crippen LogP contribution in [0.25, 0.3) is 10.9 Å². The van der Waals surface area contributed by atoms with Gasteiger partial charge in [-0.25, -0.2) is 4.98 Å². The highest BCUT2D eigenvalue weighted by Crippen LogP contribution is 2.37. The van der Waals surface area contributed by atoms with Crippen molar-refractivity contribution in [1.29, 1.82) is 0 Å². The van der Waals surface area contributed by atoms with Gasteiger partial charge in [0, 0.05) is 11.4 Å². The lowest BCUT2D eigenvalue weighted by Gasteiger charge is -2.15. The fourth-order valence-corrected chi connectivity index (χ4v) is 2.18. The van der Waals surface area contributed by atoms with E-state index in [0.717, 1.165) is 28.1 Å². The number of hydrogen-bond acceptors (Lipinski definition) is 4. The molecule has 0 saturated carbocycles. The fraction of sp³-hybridized carbons (Fsp3) is 0.438. The van der Waals surface area contributed by atoms with Crippen molar-refractivity contribution in [3.8, 4) is 11.5 Å². The van der Waals surface area contributed by atoms with E-state index in [0.29, 0.717) is 24.8 Å². The van der Waals surface area contributed by atoms with E-state index in [1.807, 2.05) is 32.0 Å². The topological polar surface area (TPSA) is 57.4 Å². The number of rotatable bonds is 5. The molecule has 1 heterocycles. The number of nitrogens with zero attached hydrogens (tertiary/aromatic N) is 1. The van der Waals surface area contributed by atoms with E-state index in [1.165, 1.54) is 0 Å². The predicted octanol–water partition coefficient (Wildman–Crippen LogP) is 3.74. The zero-order chi connectivity index (χ0) is 14.7. The summed E-state index contributed by atoms with van der Waals surface area (Å²) >= 11 is 0. The first-order valence-corrected chi connectivity index (χ1v) is 7.07. The van der Waals surface area contributed by atoms with Gasteiger partial charge < -0.3 is 15.2 Å². The van der Waals surface area contributed by atoms with Crippen molar-refractivity contribution in [1.82, 2.24) is 4.98 Å². The number of ether oxygens (including phenoxy) is 2. The number of nitrogen functional groups attached to an aromatic ring is 1. The number of pyridine rings is 1. The monoisotopic (exact) mass is 274 g/mol. The van der Waals surface area contributed by atoms with Gasteiger partial charge in [0.05, 0.1) is 18.6 Å². The van der Waals surface area contributed by atoms with E-state index < -0.39 is 0 Å². The summed E-state index contributed by atoms with van der Waals surface area (Å²) in [4.78, 5) is 4.71. The van der Waals surface area contributed by atoms with Crippen LogP contribution in [0.15, 0.2) is 18.2 Å². The Morgan fingerprint density at radius 2 is 1.70 bits per heavy atom. The number of aromatic nitrogens is 1. The van der Waals surface area contributed by atoms with Gasteiger partial charge >= 0.3 is 0 Å². The molecule has 0 unspecified atom stereocenters. The van der Waals surface area contributed by atoms with Crippen molar-refractivity contribution in [2.24, 2.45) is 0 Å². The third-order valence-electron chi connectivity index (χ3n) is 3.13. The first-order valence-electron chi connectivity index (χ1n) is 7.07. The van der Waals surface area contributed by atoms with Crippen molar-refractivity contribution < 1.29 is 9.47 Å². The van der Waals surface area contributed by atoms with Gasteiger partial charge in [0.2, 0.25) is 0 Å². The van der Waals surface area contributed by atoms with Crippen molar-refractivity contribution >= 4 is 16.6 Å². The molecule has 0 spiro atoms. The van der Waals surface area contributed by atoms with E-state index in [9.17, 15) is 0 Å². The standard InChI is InChI=1S/C16H22N2O2/c1-5-19-13-7-8-14(20-6-2)16-15(13)11(17)9-12(18-16)10(3)4/h7-10H,5-6H2,1-4H3,(H2,17,18). The molecule has 0 aliphatic carbocycles. The van der Waals surface area contributed by atoms with Gasteiger partial charge in [-0.05, 0) is 38.0 Å². The van der Waals surface area contributed by atoms with Gasteiger partial charge in [-0.15, -0.1) is 0 Å². The van der Waals surface area contributed by atoms with Crippen LogP contribution < -0.4 is 15.2 Å². The third kappa shape index (κ3) is 2.64. The summed E-state index contributed by atoms with van der Waals surface area (Å²) in [5.41, 5.74) is 8.64. The van der Waals surface area contributed by atoms with Crippen molar-refractivity contribution in [2.75, 3.05) is 18.9 Å². The number of anilines is 1. The Hall–Kier alpha value is -1.97. The normalized spacial score (nSPS) is 11.1. The molecule has 0 saturated heterocycles. The fourth-order valence-electron chi connectivity index (χ4n) is 2.18. The molecule has 2 rings (SSSR count). The summed E-state index contributed by atoms with van der Waals surface area (Å²) in [6, 6.07) is 5.71. The molecule has 108 valence electrons. The second-order valence-electron chi connectivity index (χ2n) is 4.94. The van der Waals surface area contributed by atoms with Gasteiger partial charge in [-0.3, -0.25) is 0 Å². The summed E-state index contributed by atoms with van der Waals surface area (Å²) in [6.45, 7) is 9.29. The lowest BCUT2D eigenvalue weighted by molar-refractivity contribution is 0.336. The Labute approximate surface area is 119 Å². The maximum absolute atomic E-state index is 6.22. The minimum atomic E-state index is 0.312. The summed E-state index contributed by atoms with van der Waals surface area (Å²) in [7, 11) is 0. The molecule has 0 aliphatic rings. The lowest BCUT2D eigenvalue weighted by Crippen LogP contribution is -2.03. The number of benzene rings is 1. The van der Waals surface area contributed by atoms with Gasteiger partial charge in [0.25, 0.3) is 0 Å². The summed E-state index contributed by atoms with van der Waals surface area (Å²) in [6.07, 6.45) is 0. The summed E-state index contributed by atoms with van der Waals surface area (Å²) in [5.74, 6) is 1.82. The zero-order valence-electron chi connectivity index (χ0n) is 12.6. The zero-order valence-corrected chi connectivity index (χ0v) is 12.6. The highest BCUT2D eigenvalue weighted by molar-refractivity contribution is 5.99. The average Bonchev–Trinajstić information content (AvgIpc) is 2.41. The van der Waals surface area contributed by atoms with Crippen LogP contribution in [0.5, 0.6) is 11.5 Å². The molecule has 0 atom stereocenters. The predicted molar refractivity (Wildman–Crippen MR) is 82.6 cm³/mol. The van der Waals surface area contributed by atoms with Crippen LogP contribution in [0.4, 0.5) is 5.69 Å².